The lowest BCUT2D eigenvalue weighted by molar-refractivity contribution is 0.0383. The van der Waals surface area contributed by atoms with Crippen molar-refractivity contribution in [3.05, 3.63) is 77.3 Å². The van der Waals surface area contributed by atoms with Gasteiger partial charge in [0.1, 0.15) is 5.82 Å². The summed E-state index contributed by atoms with van der Waals surface area (Å²) in [6, 6.07) is 13.3. The minimum Gasteiger partial charge on any atom is -0.379 e. The van der Waals surface area contributed by atoms with E-state index in [4.69, 9.17) is 16.3 Å². The van der Waals surface area contributed by atoms with E-state index in [1.165, 1.54) is 12.1 Å². The fraction of sp³-hybridized carbons (Fsp3) is 0.240. The number of ether oxygens (including phenoxy) is 1. The average Bonchev–Trinajstić information content (AvgIpc) is 3.30. The van der Waals surface area contributed by atoms with Gasteiger partial charge in [-0.15, -0.1) is 0 Å². The Morgan fingerprint density at radius 2 is 1.97 bits per heavy atom. The van der Waals surface area contributed by atoms with Crippen molar-refractivity contribution in [1.82, 2.24) is 25.0 Å². The molecule has 0 saturated carbocycles. The molecule has 8 nitrogen and oxygen atoms in total. The van der Waals surface area contributed by atoms with Crippen LogP contribution in [0.25, 0.3) is 16.7 Å². The summed E-state index contributed by atoms with van der Waals surface area (Å²) in [6.45, 7) is 4.59. The monoisotopic (exact) mass is 494 g/mol. The van der Waals surface area contributed by atoms with Crippen LogP contribution >= 0.6 is 11.6 Å². The largest absolute Gasteiger partial charge is 0.379 e. The minimum atomic E-state index is -0.391. The third-order valence-electron chi connectivity index (χ3n) is 5.82. The van der Waals surface area contributed by atoms with Crippen molar-refractivity contribution in [1.29, 1.82) is 0 Å². The zero-order valence-corrected chi connectivity index (χ0v) is 19.6. The summed E-state index contributed by atoms with van der Waals surface area (Å²) in [5.41, 5.74) is 2.74. The normalized spacial score (nSPS) is 14.2. The van der Waals surface area contributed by atoms with E-state index in [1.54, 1.807) is 35.3 Å². The van der Waals surface area contributed by atoms with Crippen LogP contribution in [-0.4, -0.2) is 65.0 Å². The summed E-state index contributed by atoms with van der Waals surface area (Å²) in [6.07, 6.45) is 3.33. The number of nitrogens with zero attached hydrogens (tertiary/aromatic N) is 4. The van der Waals surface area contributed by atoms with Crippen LogP contribution in [-0.2, 0) is 4.74 Å². The molecule has 10 heteroatoms. The van der Waals surface area contributed by atoms with Gasteiger partial charge in [-0.2, -0.15) is 5.10 Å². The zero-order chi connectivity index (χ0) is 24.2. The molecule has 1 fully saturated rings. The van der Waals surface area contributed by atoms with Crippen molar-refractivity contribution in [3.8, 4) is 5.82 Å². The lowest BCUT2D eigenvalue weighted by Gasteiger charge is -2.26. The van der Waals surface area contributed by atoms with E-state index >= 15 is 0 Å². The number of aromatic nitrogens is 3. The summed E-state index contributed by atoms with van der Waals surface area (Å²) >= 11 is 6.13. The number of benzene rings is 2. The standard InChI is InChI=1S/C25H24ClFN6O2/c26-21-15-19(27)1-3-22(21)31-20-2-4-23-18(13-20)16-30-33(23)24-14-17(5-6-28-24)25(34)29-7-8-32-9-11-35-12-10-32/h1-6,13-16,31H,7-12H2,(H,29,34). The van der Waals surface area contributed by atoms with Gasteiger partial charge in [-0.25, -0.2) is 14.1 Å². The Morgan fingerprint density at radius 1 is 1.11 bits per heavy atom. The second-order valence-corrected chi connectivity index (χ2v) is 8.60. The first kappa shape index (κ1) is 23.2. The number of carbonyl (C=O) groups is 1. The smallest absolute Gasteiger partial charge is 0.251 e. The molecule has 1 amide bonds. The third-order valence-corrected chi connectivity index (χ3v) is 6.13. The molecule has 0 unspecified atom stereocenters. The second kappa shape index (κ2) is 10.4. The molecule has 2 aromatic carbocycles. The number of fused-ring (bicyclic) bond motifs is 1. The molecule has 1 saturated heterocycles. The molecule has 0 bridgehead atoms. The molecule has 35 heavy (non-hydrogen) atoms. The Bertz CT molecular complexity index is 1360. The van der Waals surface area contributed by atoms with Crippen molar-refractivity contribution in [2.75, 3.05) is 44.7 Å². The molecule has 2 aromatic heterocycles. The molecule has 5 rings (SSSR count). The van der Waals surface area contributed by atoms with Crippen molar-refractivity contribution in [3.63, 3.8) is 0 Å². The van der Waals surface area contributed by atoms with Crippen LogP contribution in [0.2, 0.25) is 5.02 Å². The van der Waals surface area contributed by atoms with E-state index in [9.17, 15) is 9.18 Å². The van der Waals surface area contributed by atoms with Crippen molar-refractivity contribution >= 4 is 39.8 Å². The average molecular weight is 495 g/mol. The maximum atomic E-state index is 13.3. The summed E-state index contributed by atoms with van der Waals surface area (Å²) in [5, 5.41) is 11.8. The zero-order valence-electron chi connectivity index (χ0n) is 18.9. The van der Waals surface area contributed by atoms with Crippen molar-refractivity contribution in [2.45, 2.75) is 0 Å². The number of morpholine rings is 1. The Kier molecular flexibility index (Phi) is 6.89. The number of hydrogen-bond acceptors (Lipinski definition) is 6. The SMILES string of the molecule is O=C(NCCN1CCOCC1)c1ccnc(-n2ncc3cc(Nc4ccc(F)cc4Cl)ccc32)c1. The number of anilines is 2. The predicted molar refractivity (Wildman–Crippen MR) is 133 cm³/mol. The quantitative estimate of drug-likeness (QED) is 0.404. The summed E-state index contributed by atoms with van der Waals surface area (Å²) in [7, 11) is 0. The summed E-state index contributed by atoms with van der Waals surface area (Å²) in [5.74, 6) is 0.00180. The third kappa shape index (κ3) is 5.43. The number of halogens is 2. The molecule has 0 spiro atoms. The van der Waals surface area contributed by atoms with Gasteiger partial charge in [-0.1, -0.05) is 11.6 Å². The van der Waals surface area contributed by atoms with Crippen molar-refractivity contribution < 1.29 is 13.9 Å². The Balaban J connectivity index is 1.29. The molecule has 0 radical (unpaired) electrons. The first-order valence-corrected chi connectivity index (χ1v) is 11.7. The molecule has 2 N–H and O–H groups in total. The van der Waals surface area contributed by atoms with E-state index in [2.05, 4.69) is 25.6 Å². The molecule has 1 aliphatic heterocycles. The number of pyridine rings is 1. The Labute approximate surface area is 206 Å². The number of amides is 1. The summed E-state index contributed by atoms with van der Waals surface area (Å²) in [4.78, 5) is 19.4. The Morgan fingerprint density at radius 3 is 2.80 bits per heavy atom. The van der Waals surface area contributed by atoms with Crippen LogP contribution in [0.4, 0.5) is 15.8 Å². The van der Waals surface area contributed by atoms with Crippen LogP contribution in [0.15, 0.2) is 60.9 Å². The van der Waals surface area contributed by atoms with E-state index in [-0.39, 0.29) is 5.91 Å². The number of rotatable bonds is 7. The molecule has 1 aliphatic rings. The Hall–Kier alpha value is -3.53. The molecule has 180 valence electrons. The van der Waals surface area contributed by atoms with Gasteiger partial charge in [-0.05, 0) is 48.5 Å². The molecule has 3 heterocycles. The molecule has 0 aliphatic carbocycles. The van der Waals surface area contributed by atoms with Crippen LogP contribution in [0, 0.1) is 5.82 Å². The van der Waals surface area contributed by atoms with Crippen LogP contribution in [0.3, 0.4) is 0 Å². The lowest BCUT2D eigenvalue weighted by Crippen LogP contribution is -2.41. The number of nitrogens with one attached hydrogen (secondary N) is 2. The van der Waals surface area contributed by atoms with Crippen LogP contribution < -0.4 is 10.6 Å². The van der Waals surface area contributed by atoms with E-state index < -0.39 is 5.82 Å². The number of hydrogen-bond donors (Lipinski definition) is 2. The minimum absolute atomic E-state index is 0.152. The van der Waals surface area contributed by atoms with Gasteiger partial charge in [0.25, 0.3) is 5.91 Å². The second-order valence-electron chi connectivity index (χ2n) is 8.19. The maximum absolute atomic E-state index is 13.3. The fourth-order valence-electron chi connectivity index (χ4n) is 3.97. The summed E-state index contributed by atoms with van der Waals surface area (Å²) < 4.78 is 20.4. The maximum Gasteiger partial charge on any atom is 0.251 e. The molecule has 0 atom stereocenters. The topological polar surface area (TPSA) is 84.3 Å². The van der Waals surface area contributed by atoms with Gasteiger partial charge in [0.15, 0.2) is 5.82 Å². The molecule has 4 aromatic rings. The first-order chi connectivity index (χ1) is 17.1. The van der Waals surface area contributed by atoms with E-state index in [0.29, 0.717) is 28.6 Å². The van der Waals surface area contributed by atoms with Crippen LogP contribution in [0.5, 0.6) is 0 Å². The highest BCUT2D eigenvalue weighted by molar-refractivity contribution is 6.33. The predicted octanol–water partition coefficient (Wildman–Crippen LogP) is 4.02. The van der Waals surface area contributed by atoms with Gasteiger partial charge < -0.3 is 15.4 Å². The highest BCUT2D eigenvalue weighted by atomic mass is 35.5. The first-order valence-electron chi connectivity index (χ1n) is 11.3. The van der Waals surface area contributed by atoms with Gasteiger partial charge in [0.2, 0.25) is 0 Å². The van der Waals surface area contributed by atoms with Gasteiger partial charge >= 0.3 is 0 Å². The van der Waals surface area contributed by atoms with E-state index in [1.807, 2.05) is 18.2 Å². The van der Waals surface area contributed by atoms with Crippen molar-refractivity contribution in [2.24, 2.45) is 0 Å². The molecular weight excluding hydrogens is 471 g/mol. The van der Waals surface area contributed by atoms with Gasteiger partial charge in [-0.3, -0.25) is 9.69 Å². The molecular formula is C25H24ClFN6O2. The van der Waals surface area contributed by atoms with E-state index in [0.717, 1.165) is 49.4 Å². The number of carbonyl (C=O) groups excluding carboxylic acids is 1. The fourth-order valence-corrected chi connectivity index (χ4v) is 4.18. The lowest BCUT2D eigenvalue weighted by atomic mass is 10.2. The highest BCUT2D eigenvalue weighted by Gasteiger charge is 2.13. The van der Waals surface area contributed by atoms with Crippen LogP contribution in [0.1, 0.15) is 10.4 Å². The highest BCUT2D eigenvalue weighted by Crippen LogP contribution is 2.28. The van der Waals surface area contributed by atoms with Gasteiger partial charge in [0.05, 0.1) is 35.6 Å². The van der Waals surface area contributed by atoms with Gasteiger partial charge in [0, 0.05) is 49.0 Å².